The Kier molecular flexibility index (Phi) is 5.97. The molecule has 2 aromatic rings. The van der Waals surface area contributed by atoms with Crippen LogP contribution in [0.15, 0.2) is 42.5 Å². The van der Waals surface area contributed by atoms with Gasteiger partial charge in [-0.05, 0) is 37.5 Å². The van der Waals surface area contributed by atoms with E-state index in [2.05, 4.69) is 61.6 Å². The predicted molar refractivity (Wildman–Crippen MR) is 88.2 cm³/mol. The molecule has 0 spiro atoms. The van der Waals surface area contributed by atoms with E-state index >= 15 is 0 Å². The third kappa shape index (κ3) is 5.00. The van der Waals surface area contributed by atoms with Gasteiger partial charge in [0.15, 0.2) is 0 Å². The molecule has 2 nitrogen and oxygen atoms in total. The van der Waals surface area contributed by atoms with E-state index in [1.807, 2.05) is 6.92 Å². The van der Waals surface area contributed by atoms with Crippen LogP contribution in [0.1, 0.15) is 34.7 Å². The van der Waals surface area contributed by atoms with Crippen molar-refractivity contribution in [2.75, 3.05) is 6.61 Å². The minimum absolute atomic E-state index is 0.692. The summed E-state index contributed by atoms with van der Waals surface area (Å²) in [6.45, 7) is 9.53. The summed E-state index contributed by atoms with van der Waals surface area (Å²) in [5.74, 6) is 0. The number of rotatable bonds is 7. The predicted octanol–water partition coefficient (Wildman–Crippen LogP) is 4.13. The Morgan fingerprint density at radius 2 is 1.57 bits per heavy atom. The minimum atomic E-state index is 0.692. The van der Waals surface area contributed by atoms with Crippen molar-refractivity contribution >= 4 is 0 Å². The molecular formula is C19H25NO. The van der Waals surface area contributed by atoms with Gasteiger partial charge in [0.2, 0.25) is 0 Å². The van der Waals surface area contributed by atoms with Crippen molar-refractivity contribution in [1.82, 2.24) is 5.32 Å². The third-order valence-electron chi connectivity index (χ3n) is 3.51. The van der Waals surface area contributed by atoms with E-state index in [0.29, 0.717) is 6.61 Å². The van der Waals surface area contributed by atoms with Gasteiger partial charge in [0, 0.05) is 19.7 Å². The maximum Gasteiger partial charge on any atom is 0.0719 e. The summed E-state index contributed by atoms with van der Waals surface area (Å²) in [6, 6.07) is 15.2. The first-order valence-electron chi connectivity index (χ1n) is 7.61. The van der Waals surface area contributed by atoms with E-state index in [4.69, 9.17) is 4.74 Å². The van der Waals surface area contributed by atoms with Crippen LogP contribution in [-0.2, 0) is 24.4 Å². The summed E-state index contributed by atoms with van der Waals surface area (Å²) in [7, 11) is 0. The number of nitrogens with one attached hydrogen (secondary N) is 1. The van der Waals surface area contributed by atoms with Gasteiger partial charge in [0.05, 0.1) is 6.61 Å². The van der Waals surface area contributed by atoms with Crippen molar-refractivity contribution in [1.29, 1.82) is 0 Å². The normalized spacial score (nSPS) is 10.8. The molecule has 0 aliphatic heterocycles. The van der Waals surface area contributed by atoms with Gasteiger partial charge < -0.3 is 10.1 Å². The summed E-state index contributed by atoms with van der Waals surface area (Å²) in [5, 5.41) is 3.53. The van der Waals surface area contributed by atoms with Gasteiger partial charge in [-0.1, -0.05) is 53.6 Å². The Morgan fingerprint density at radius 1 is 0.905 bits per heavy atom. The smallest absolute Gasteiger partial charge is 0.0719 e. The Labute approximate surface area is 128 Å². The number of aryl methyl sites for hydroxylation is 2. The second kappa shape index (κ2) is 7.96. The van der Waals surface area contributed by atoms with Crippen LogP contribution in [0.2, 0.25) is 0 Å². The van der Waals surface area contributed by atoms with Crippen molar-refractivity contribution < 1.29 is 4.74 Å². The van der Waals surface area contributed by atoms with Gasteiger partial charge in [0.25, 0.3) is 0 Å². The second-order valence-electron chi connectivity index (χ2n) is 5.51. The monoisotopic (exact) mass is 283 g/mol. The van der Waals surface area contributed by atoms with Gasteiger partial charge in [0.1, 0.15) is 0 Å². The first kappa shape index (κ1) is 15.7. The van der Waals surface area contributed by atoms with Crippen LogP contribution in [0, 0.1) is 13.8 Å². The Hall–Kier alpha value is -1.64. The molecule has 2 rings (SSSR count). The highest BCUT2D eigenvalue weighted by molar-refractivity contribution is 5.29. The van der Waals surface area contributed by atoms with Crippen LogP contribution in [0.4, 0.5) is 0 Å². The lowest BCUT2D eigenvalue weighted by atomic mass is 10.1. The molecule has 0 saturated carbocycles. The summed E-state index contributed by atoms with van der Waals surface area (Å²) in [6.07, 6.45) is 0. The largest absolute Gasteiger partial charge is 0.377 e. The zero-order valence-corrected chi connectivity index (χ0v) is 13.3. The molecule has 0 aromatic heterocycles. The highest BCUT2D eigenvalue weighted by Gasteiger charge is 2.02. The fraction of sp³-hybridized carbons (Fsp3) is 0.368. The Bertz CT molecular complexity index is 557. The molecule has 0 saturated heterocycles. The van der Waals surface area contributed by atoms with E-state index in [1.54, 1.807) is 0 Å². The summed E-state index contributed by atoms with van der Waals surface area (Å²) in [4.78, 5) is 0. The van der Waals surface area contributed by atoms with Crippen LogP contribution in [0.25, 0.3) is 0 Å². The van der Waals surface area contributed by atoms with Crippen LogP contribution in [0.5, 0.6) is 0 Å². The highest BCUT2D eigenvalue weighted by Crippen LogP contribution is 2.12. The van der Waals surface area contributed by atoms with Gasteiger partial charge in [-0.2, -0.15) is 0 Å². The van der Waals surface area contributed by atoms with Gasteiger partial charge in [-0.3, -0.25) is 0 Å². The van der Waals surface area contributed by atoms with Crippen molar-refractivity contribution in [3.05, 3.63) is 70.3 Å². The first-order valence-corrected chi connectivity index (χ1v) is 7.61. The topological polar surface area (TPSA) is 21.3 Å². The van der Waals surface area contributed by atoms with E-state index in [0.717, 1.165) is 19.7 Å². The minimum Gasteiger partial charge on any atom is -0.377 e. The van der Waals surface area contributed by atoms with Crippen LogP contribution < -0.4 is 5.32 Å². The molecule has 0 unspecified atom stereocenters. The molecule has 0 radical (unpaired) electrons. The number of hydrogen-bond acceptors (Lipinski definition) is 2. The number of ether oxygens (including phenoxy) is 1. The van der Waals surface area contributed by atoms with Gasteiger partial charge >= 0.3 is 0 Å². The molecular weight excluding hydrogens is 258 g/mol. The van der Waals surface area contributed by atoms with Gasteiger partial charge in [-0.15, -0.1) is 0 Å². The van der Waals surface area contributed by atoms with Crippen LogP contribution in [0.3, 0.4) is 0 Å². The summed E-state index contributed by atoms with van der Waals surface area (Å²) in [5.41, 5.74) is 6.57. The Morgan fingerprint density at radius 3 is 2.24 bits per heavy atom. The summed E-state index contributed by atoms with van der Waals surface area (Å²) >= 11 is 0. The molecule has 1 N–H and O–H groups in total. The molecule has 112 valence electrons. The fourth-order valence-electron chi connectivity index (χ4n) is 2.60. The zero-order chi connectivity index (χ0) is 15.1. The standard InChI is InChI=1S/C19H25NO/c1-4-21-14-19-8-6-5-7-18(19)13-20-12-17-10-15(2)9-16(3)11-17/h5-11,20H,4,12-14H2,1-3H3. The molecule has 0 aliphatic carbocycles. The lowest BCUT2D eigenvalue weighted by Crippen LogP contribution is -2.14. The molecule has 21 heavy (non-hydrogen) atoms. The van der Waals surface area contributed by atoms with E-state index in [1.165, 1.54) is 27.8 Å². The summed E-state index contributed by atoms with van der Waals surface area (Å²) < 4.78 is 5.53. The molecule has 2 aromatic carbocycles. The van der Waals surface area contributed by atoms with Crippen LogP contribution in [-0.4, -0.2) is 6.61 Å². The highest BCUT2D eigenvalue weighted by atomic mass is 16.5. The average molecular weight is 283 g/mol. The van der Waals surface area contributed by atoms with E-state index < -0.39 is 0 Å². The number of hydrogen-bond donors (Lipinski definition) is 1. The average Bonchev–Trinajstić information content (AvgIpc) is 2.45. The zero-order valence-electron chi connectivity index (χ0n) is 13.3. The van der Waals surface area contributed by atoms with Crippen molar-refractivity contribution in [2.45, 2.75) is 40.5 Å². The van der Waals surface area contributed by atoms with Crippen molar-refractivity contribution in [2.24, 2.45) is 0 Å². The molecule has 0 bridgehead atoms. The van der Waals surface area contributed by atoms with Gasteiger partial charge in [-0.25, -0.2) is 0 Å². The number of benzene rings is 2. The molecule has 0 amide bonds. The quantitative estimate of drug-likeness (QED) is 0.825. The fourth-order valence-corrected chi connectivity index (χ4v) is 2.60. The molecule has 2 heteroatoms. The molecule has 0 heterocycles. The Balaban J connectivity index is 1.94. The SMILES string of the molecule is CCOCc1ccccc1CNCc1cc(C)cc(C)c1. The molecule has 0 aliphatic rings. The maximum atomic E-state index is 5.53. The van der Waals surface area contributed by atoms with E-state index in [-0.39, 0.29) is 0 Å². The van der Waals surface area contributed by atoms with Crippen molar-refractivity contribution in [3.63, 3.8) is 0 Å². The van der Waals surface area contributed by atoms with Crippen LogP contribution >= 0.6 is 0 Å². The lowest BCUT2D eigenvalue weighted by Gasteiger charge is -2.11. The first-order chi connectivity index (χ1) is 10.2. The van der Waals surface area contributed by atoms with Crippen molar-refractivity contribution in [3.8, 4) is 0 Å². The van der Waals surface area contributed by atoms with E-state index in [9.17, 15) is 0 Å². The second-order valence-corrected chi connectivity index (χ2v) is 5.51. The molecule has 0 fully saturated rings. The lowest BCUT2D eigenvalue weighted by molar-refractivity contribution is 0.133. The maximum absolute atomic E-state index is 5.53. The molecule has 0 atom stereocenters. The third-order valence-corrected chi connectivity index (χ3v) is 3.51.